The molecule has 0 saturated carbocycles. The van der Waals surface area contributed by atoms with Crippen LogP contribution in [0.3, 0.4) is 0 Å². The minimum Gasteiger partial charge on any atom is -0.486 e. The average molecular weight is 611 g/mol. The summed E-state index contributed by atoms with van der Waals surface area (Å²) >= 11 is 3.42. The fourth-order valence-corrected chi connectivity index (χ4v) is 5.32. The molecule has 1 atom stereocenters. The lowest BCUT2D eigenvalue weighted by atomic mass is 10.1. The van der Waals surface area contributed by atoms with Crippen molar-refractivity contribution < 1.29 is 27.5 Å². The Balaban J connectivity index is 1.71. The fraction of sp³-hybridized carbons (Fsp3) is 0.481. The van der Waals surface area contributed by atoms with Gasteiger partial charge in [-0.15, -0.1) is 0 Å². The summed E-state index contributed by atoms with van der Waals surface area (Å²) in [6.45, 7) is 5.52. The normalized spacial score (nSPS) is 13.5. The van der Waals surface area contributed by atoms with Gasteiger partial charge in [-0.1, -0.05) is 41.4 Å². The van der Waals surface area contributed by atoms with E-state index in [-0.39, 0.29) is 37.7 Å². The molecule has 9 nitrogen and oxygen atoms in total. The smallest absolute Gasteiger partial charge is 0.242 e. The highest BCUT2D eigenvalue weighted by Gasteiger charge is 2.27. The van der Waals surface area contributed by atoms with E-state index in [1.807, 2.05) is 31.2 Å². The van der Waals surface area contributed by atoms with Crippen molar-refractivity contribution in [1.82, 2.24) is 10.2 Å². The zero-order chi connectivity index (χ0) is 27.7. The molecule has 0 spiro atoms. The number of hydrogen-bond acceptors (Lipinski definition) is 6. The minimum absolute atomic E-state index is 0.0830. The maximum atomic E-state index is 13.4. The highest BCUT2D eigenvalue weighted by Crippen LogP contribution is 2.34. The first-order valence-corrected chi connectivity index (χ1v) is 15.4. The van der Waals surface area contributed by atoms with Gasteiger partial charge in [-0.25, -0.2) is 8.42 Å². The quantitative estimate of drug-likeness (QED) is 0.343. The average Bonchev–Trinajstić information content (AvgIpc) is 2.89. The number of amides is 2. The second-order valence-electron chi connectivity index (χ2n) is 9.24. The van der Waals surface area contributed by atoms with Crippen LogP contribution in [0, 0.1) is 0 Å². The topological polar surface area (TPSA) is 105 Å². The number of hydrogen-bond donors (Lipinski definition) is 1. The number of anilines is 1. The van der Waals surface area contributed by atoms with E-state index in [4.69, 9.17) is 9.47 Å². The van der Waals surface area contributed by atoms with Gasteiger partial charge in [-0.05, 0) is 49.6 Å². The van der Waals surface area contributed by atoms with Gasteiger partial charge in [0.2, 0.25) is 21.8 Å². The molecule has 208 valence electrons. The summed E-state index contributed by atoms with van der Waals surface area (Å²) in [5.74, 6) is 0.625. The van der Waals surface area contributed by atoms with Gasteiger partial charge in [0.05, 0.1) is 11.9 Å². The third-order valence-corrected chi connectivity index (χ3v) is 7.95. The highest BCUT2D eigenvalue weighted by atomic mass is 79.9. The molecule has 3 rings (SSSR count). The SMILES string of the molecule is CCCCNC(=O)C(C)N(Cc1ccc(Br)cc1)C(=O)CCCN(c1ccc2c(c1)OCCO2)S(C)(=O)=O. The molecule has 2 amide bonds. The molecular weight excluding hydrogens is 574 g/mol. The van der Waals surface area contributed by atoms with E-state index in [0.29, 0.717) is 36.9 Å². The Labute approximate surface area is 233 Å². The summed E-state index contributed by atoms with van der Waals surface area (Å²) in [7, 11) is -3.61. The molecule has 0 aliphatic carbocycles. The first-order valence-electron chi connectivity index (χ1n) is 12.8. The molecular formula is C27H36BrN3O6S. The van der Waals surface area contributed by atoms with E-state index in [9.17, 15) is 18.0 Å². The second-order valence-corrected chi connectivity index (χ2v) is 12.1. The van der Waals surface area contributed by atoms with Gasteiger partial charge >= 0.3 is 0 Å². The van der Waals surface area contributed by atoms with Gasteiger partial charge in [0.25, 0.3) is 0 Å². The number of carbonyl (C=O) groups excluding carboxylic acids is 2. The Morgan fingerprint density at radius 2 is 1.74 bits per heavy atom. The Morgan fingerprint density at radius 3 is 2.39 bits per heavy atom. The van der Waals surface area contributed by atoms with Gasteiger partial charge < -0.3 is 19.7 Å². The Bertz CT molecular complexity index is 1210. The number of nitrogens with zero attached hydrogens (tertiary/aromatic N) is 2. The monoisotopic (exact) mass is 609 g/mol. The Kier molecular flexibility index (Phi) is 10.8. The lowest BCUT2D eigenvalue weighted by Crippen LogP contribution is -2.47. The van der Waals surface area contributed by atoms with Crippen molar-refractivity contribution in [2.75, 3.05) is 36.9 Å². The maximum absolute atomic E-state index is 13.4. The number of rotatable bonds is 13. The Morgan fingerprint density at radius 1 is 1.05 bits per heavy atom. The molecule has 1 aliphatic heterocycles. The molecule has 38 heavy (non-hydrogen) atoms. The summed E-state index contributed by atoms with van der Waals surface area (Å²) in [5.41, 5.74) is 1.34. The number of unbranched alkanes of at least 4 members (excludes halogenated alkanes) is 1. The first-order chi connectivity index (χ1) is 18.1. The van der Waals surface area contributed by atoms with Gasteiger partial charge in [-0.2, -0.15) is 0 Å². The highest BCUT2D eigenvalue weighted by molar-refractivity contribution is 9.10. The van der Waals surface area contributed by atoms with Gasteiger partial charge in [0.1, 0.15) is 19.3 Å². The Hall–Kier alpha value is -2.79. The molecule has 2 aromatic carbocycles. The summed E-state index contributed by atoms with van der Waals surface area (Å²) in [5, 5.41) is 2.90. The van der Waals surface area contributed by atoms with Gasteiger partial charge in [0, 0.05) is 36.6 Å². The van der Waals surface area contributed by atoms with E-state index in [1.54, 1.807) is 30.0 Å². The van der Waals surface area contributed by atoms with Crippen LogP contribution in [-0.2, 0) is 26.2 Å². The first kappa shape index (κ1) is 29.8. The predicted octanol–water partition coefficient (Wildman–Crippen LogP) is 4.10. The molecule has 2 aromatic rings. The van der Waals surface area contributed by atoms with Crippen LogP contribution in [-0.4, -0.2) is 63.7 Å². The summed E-state index contributed by atoms with van der Waals surface area (Å²) in [4.78, 5) is 27.7. The van der Waals surface area contributed by atoms with E-state index in [2.05, 4.69) is 21.2 Å². The molecule has 1 aliphatic rings. The van der Waals surface area contributed by atoms with Gasteiger partial charge in [-0.3, -0.25) is 13.9 Å². The van der Waals surface area contributed by atoms with Crippen LogP contribution in [0.25, 0.3) is 0 Å². The number of sulfonamides is 1. The molecule has 0 bridgehead atoms. The van der Waals surface area contributed by atoms with Crippen molar-refractivity contribution in [3.05, 3.63) is 52.5 Å². The number of benzene rings is 2. The van der Waals surface area contributed by atoms with E-state index in [1.165, 1.54) is 4.31 Å². The zero-order valence-electron chi connectivity index (χ0n) is 22.1. The summed E-state index contributed by atoms with van der Waals surface area (Å²) in [6.07, 6.45) is 3.31. The lowest BCUT2D eigenvalue weighted by Gasteiger charge is -2.29. The minimum atomic E-state index is -3.61. The third-order valence-electron chi connectivity index (χ3n) is 6.23. The van der Waals surface area contributed by atoms with E-state index in [0.717, 1.165) is 29.1 Å². The van der Waals surface area contributed by atoms with Crippen LogP contribution in [0.5, 0.6) is 11.5 Å². The van der Waals surface area contributed by atoms with Crippen LogP contribution in [0.2, 0.25) is 0 Å². The lowest BCUT2D eigenvalue weighted by molar-refractivity contribution is -0.140. The zero-order valence-corrected chi connectivity index (χ0v) is 24.5. The van der Waals surface area contributed by atoms with Crippen LogP contribution in [0.15, 0.2) is 46.9 Å². The van der Waals surface area contributed by atoms with Crippen molar-refractivity contribution in [1.29, 1.82) is 0 Å². The van der Waals surface area contributed by atoms with Crippen molar-refractivity contribution >= 4 is 43.5 Å². The van der Waals surface area contributed by atoms with Crippen molar-refractivity contribution in [3.8, 4) is 11.5 Å². The van der Waals surface area contributed by atoms with Crippen molar-refractivity contribution in [3.63, 3.8) is 0 Å². The fourth-order valence-electron chi connectivity index (χ4n) is 4.10. The number of nitrogens with one attached hydrogen (secondary N) is 1. The summed E-state index contributed by atoms with van der Waals surface area (Å²) in [6, 6.07) is 11.9. The van der Waals surface area contributed by atoms with Gasteiger partial charge in [0.15, 0.2) is 11.5 Å². The maximum Gasteiger partial charge on any atom is 0.242 e. The molecule has 1 heterocycles. The number of halogens is 1. The third kappa shape index (κ3) is 8.36. The van der Waals surface area contributed by atoms with Crippen LogP contribution in [0.4, 0.5) is 5.69 Å². The molecule has 1 N–H and O–H groups in total. The van der Waals surface area contributed by atoms with Crippen molar-refractivity contribution in [2.45, 2.75) is 52.1 Å². The van der Waals surface area contributed by atoms with E-state index < -0.39 is 16.1 Å². The van der Waals surface area contributed by atoms with Crippen LogP contribution in [0.1, 0.15) is 45.1 Å². The van der Waals surface area contributed by atoms with Crippen LogP contribution >= 0.6 is 15.9 Å². The van der Waals surface area contributed by atoms with Crippen LogP contribution < -0.4 is 19.1 Å². The standard InChI is InChI=1S/C27H36BrN3O6S/c1-4-5-14-29-27(33)20(2)30(19-21-8-10-22(28)11-9-21)26(32)7-6-15-31(38(3,34)35)23-12-13-24-25(18-23)37-17-16-36-24/h8-13,18,20H,4-7,14-17,19H2,1-3H3,(H,29,33). The van der Waals surface area contributed by atoms with E-state index >= 15 is 0 Å². The predicted molar refractivity (Wildman–Crippen MR) is 151 cm³/mol. The second kappa shape index (κ2) is 13.8. The largest absolute Gasteiger partial charge is 0.486 e. The van der Waals surface area contributed by atoms with Crippen molar-refractivity contribution in [2.24, 2.45) is 0 Å². The summed E-state index contributed by atoms with van der Waals surface area (Å²) < 4.78 is 38.5. The molecule has 11 heteroatoms. The number of fused-ring (bicyclic) bond motifs is 1. The molecule has 0 fully saturated rings. The number of carbonyl (C=O) groups is 2. The molecule has 1 unspecified atom stereocenters. The number of ether oxygens (including phenoxy) is 2. The molecule has 0 saturated heterocycles. The molecule has 0 radical (unpaired) electrons. The molecule has 0 aromatic heterocycles.